The summed E-state index contributed by atoms with van der Waals surface area (Å²) in [6.07, 6.45) is 1.85. The fraction of sp³-hybridized carbons (Fsp3) is 0.440. The third-order valence-electron chi connectivity index (χ3n) is 6.64. The molecule has 3 aromatic rings. The topological polar surface area (TPSA) is 105 Å². The molecule has 2 N–H and O–H groups in total. The number of anilines is 1. The van der Waals surface area contributed by atoms with Crippen molar-refractivity contribution in [3.05, 3.63) is 36.1 Å². The molecule has 1 aliphatic heterocycles. The first kappa shape index (κ1) is 24.4. The summed E-state index contributed by atoms with van der Waals surface area (Å²) in [6, 6.07) is 8.25. The molecule has 35 heavy (non-hydrogen) atoms. The van der Waals surface area contributed by atoms with Gasteiger partial charge in [0.15, 0.2) is 11.6 Å². The van der Waals surface area contributed by atoms with E-state index in [0.29, 0.717) is 35.9 Å². The molecular weight excluding hydrogens is 451 g/mol. The van der Waals surface area contributed by atoms with E-state index in [4.69, 9.17) is 9.47 Å². The number of carbonyl (C=O) groups is 1. The number of hydrogen-bond acceptors (Lipinski definition) is 6. The zero-order valence-electron chi connectivity index (χ0n) is 20.7. The molecule has 1 aliphatic rings. The van der Waals surface area contributed by atoms with E-state index in [2.05, 4.69) is 46.7 Å². The highest BCUT2D eigenvalue weighted by Gasteiger charge is 2.31. The Morgan fingerprint density at radius 3 is 2.37 bits per heavy atom. The zero-order valence-corrected chi connectivity index (χ0v) is 20.7. The Balaban J connectivity index is 1.68. The maximum absolute atomic E-state index is 15.9. The molecule has 0 saturated carbocycles. The first-order chi connectivity index (χ1) is 16.7. The third-order valence-corrected chi connectivity index (χ3v) is 6.64. The number of rotatable bonds is 5. The minimum atomic E-state index is -0.637. The van der Waals surface area contributed by atoms with E-state index in [1.165, 1.54) is 7.11 Å². The maximum atomic E-state index is 15.9. The Hall–Kier alpha value is -3.69. The summed E-state index contributed by atoms with van der Waals surface area (Å²) >= 11 is 0. The van der Waals surface area contributed by atoms with Gasteiger partial charge in [-0.1, -0.05) is 32.9 Å². The van der Waals surface area contributed by atoms with Crippen molar-refractivity contribution in [2.75, 3.05) is 32.6 Å². The number of likely N-dealkylation sites (tertiary alicyclic amines) is 1. The number of nitrogens with zero attached hydrogens (tertiary/aromatic N) is 4. The molecule has 1 fully saturated rings. The van der Waals surface area contributed by atoms with Crippen LogP contribution in [0.4, 0.5) is 14.9 Å². The Morgan fingerprint density at radius 2 is 1.83 bits per heavy atom. The average Bonchev–Trinajstić information content (AvgIpc) is 3.38. The Labute approximate surface area is 204 Å². The molecule has 0 atom stereocenters. The van der Waals surface area contributed by atoms with E-state index < -0.39 is 5.82 Å². The largest absolute Gasteiger partial charge is 0.497 e. The number of methoxy groups -OCH3 is 2. The van der Waals surface area contributed by atoms with E-state index in [1.54, 1.807) is 42.3 Å². The molecule has 9 nitrogen and oxygen atoms in total. The molecule has 0 radical (unpaired) electrons. The standard InChI is InChI=1S/C25H31FN6O3/c1-25(2,3)16-10-12-32(13-11-16)24(33)27-19-14-18(23-28-30-31-29-23)20(21(26)22(19)35-5)15-6-8-17(34-4)9-7-15/h6-9,14,16H,10-13H2,1-5H3,(H,27,33)(H,28,29,30,31). The van der Waals surface area contributed by atoms with Crippen LogP contribution in [0.25, 0.3) is 22.5 Å². The number of benzene rings is 2. The first-order valence-corrected chi connectivity index (χ1v) is 11.6. The number of amides is 2. The van der Waals surface area contributed by atoms with Gasteiger partial charge < -0.3 is 19.7 Å². The monoisotopic (exact) mass is 482 g/mol. The van der Waals surface area contributed by atoms with Gasteiger partial charge in [-0.05, 0) is 53.2 Å². The third kappa shape index (κ3) is 5.06. The molecule has 2 aromatic carbocycles. The van der Waals surface area contributed by atoms with Crippen LogP contribution in [-0.2, 0) is 0 Å². The summed E-state index contributed by atoms with van der Waals surface area (Å²) in [7, 11) is 2.93. The van der Waals surface area contributed by atoms with Gasteiger partial charge in [0.1, 0.15) is 5.75 Å². The van der Waals surface area contributed by atoms with E-state index >= 15 is 4.39 Å². The van der Waals surface area contributed by atoms with Crippen LogP contribution >= 0.6 is 0 Å². The number of carbonyl (C=O) groups excluding carboxylic acids is 1. The van der Waals surface area contributed by atoms with Gasteiger partial charge in [0.05, 0.1) is 19.9 Å². The van der Waals surface area contributed by atoms with Crippen LogP contribution in [0.1, 0.15) is 33.6 Å². The molecule has 0 aliphatic carbocycles. The van der Waals surface area contributed by atoms with Crippen molar-refractivity contribution in [1.29, 1.82) is 0 Å². The first-order valence-electron chi connectivity index (χ1n) is 11.6. The molecule has 1 aromatic heterocycles. The molecule has 10 heteroatoms. The fourth-order valence-corrected chi connectivity index (χ4v) is 4.56. The average molecular weight is 483 g/mol. The predicted molar refractivity (Wildman–Crippen MR) is 131 cm³/mol. The highest BCUT2D eigenvalue weighted by Crippen LogP contribution is 2.42. The van der Waals surface area contributed by atoms with Gasteiger partial charge in [-0.25, -0.2) is 9.18 Å². The number of nitrogens with one attached hydrogen (secondary N) is 2. The second-order valence-electron chi connectivity index (χ2n) is 9.72. The lowest BCUT2D eigenvalue weighted by Gasteiger charge is -2.38. The maximum Gasteiger partial charge on any atom is 0.321 e. The minimum absolute atomic E-state index is 0.0685. The van der Waals surface area contributed by atoms with Crippen LogP contribution in [0.15, 0.2) is 30.3 Å². The quantitative estimate of drug-likeness (QED) is 0.531. The van der Waals surface area contributed by atoms with Crippen LogP contribution in [0.2, 0.25) is 0 Å². The van der Waals surface area contributed by atoms with Crippen molar-refractivity contribution in [3.63, 3.8) is 0 Å². The highest BCUT2D eigenvalue weighted by molar-refractivity contribution is 5.95. The Morgan fingerprint density at radius 1 is 1.14 bits per heavy atom. The Bertz CT molecular complexity index is 1170. The number of piperidine rings is 1. The van der Waals surface area contributed by atoms with Crippen LogP contribution in [0, 0.1) is 17.2 Å². The lowest BCUT2D eigenvalue weighted by atomic mass is 9.75. The normalized spacial score (nSPS) is 14.6. The van der Waals surface area contributed by atoms with Gasteiger partial charge >= 0.3 is 6.03 Å². The number of halogens is 1. The highest BCUT2D eigenvalue weighted by atomic mass is 19.1. The van der Waals surface area contributed by atoms with Crippen molar-refractivity contribution in [2.45, 2.75) is 33.6 Å². The summed E-state index contributed by atoms with van der Waals surface area (Å²) in [5.41, 5.74) is 1.57. The van der Waals surface area contributed by atoms with E-state index in [-0.39, 0.29) is 34.3 Å². The predicted octanol–water partition coefficient (Wildman–Crippen LogP) is 4.98. The molecule has 2 amide bonds. The summed E-state index contributed by atoms with van der Waals surface area (Å²) < 4.78 is 26.5. The molecule has 1 saturated heterocycles. The van der Waals surface area contributed by atoms with Crippen LogP contribution < -0.4 is 14.8 Å². The van der Waals surface area contributed by atoms with Gasteiger partial charge in [-0.2, -0.15) is 5.21 Å². The lowest BCUT2D eigenvalue weighted by molar-refractivity contribution is 0.128. The zero-order chi connectivity index (χ0) is 25.2. The summed E-state index contributed by atoms with van der Waals surface area (Å²) in [6.45, 7) is 7.96. The van der Waals surface area contributed by atoms with Gasteiger partial charge in [0, 0.05) is 24.2 Å². The van der Waals surface area contributed by atoms with Crippen molar-refractivity contribution < 1.29 is 18.7 Å². The molecular formula is C25H31FN6O3. The van der Waals surface area contributed by atoms with E-state index in [9.17, 15) is 4.79 Å². The SMILES string of the molecule is COc1ccc(-c2c(-c3nn[nH]n3)cc(NC(=O)N3CCC(C(C)(C)C)CC3)c(OC)c2F)cc1. The molecule has 0 spiro atoms. The second-order valence-corrected chi connectivity index (χ2v) is 9.72. The van der Waals surface area contributed by atoms with Crippen molar-refractivity contribution in [2.24, 2.45) is 11.3 Å². The van der Waals surface area contributed by atoms with E-state index in [0.717, 1.165) is 12.8 Å². The van der Waals surface area contributed by atoms with E-state index in [1.807, 2.05) is 0 Å². The Kier molecular flexibility index (Phi) is 6.90. The number of tetrazole rings is 1. The van der Waals surface area contributed by atoms with Crippen molar-refractivity contribution in [1.82, 2.24) is 25.5 Å². The number of aromatic amines is 1. The number of hydrogen-bond donors (Lipinski definition) is 2. The van der Waals surface area contributed by atoms with Gasteiger partial charge in [0.25, 0.3) is 0 Å². The molecule has 4 rings (SSSR count). The minimum Gasteiger partial charge on any atom is -0.497 e. The smallest absolute Gasteiger partial charge is 0.321 e. The summed E-state index contributed by atoms with van der Waals surface area (Å²) in [4.78, 5) is 14.9. The molecule has 186 valence electrons. The van der Waals surface area contributed by atoms with Gasteiger partial charge in [-0.15, -0.1) is 10.2 Å². The van der Waals surface area contributed by atoms with Gasteiger partial charge in [0.2, 0.25) is 5.82 Å². The molecule has 0 unspecified atom stereocenters. The van der Waals surface area contributed by atoms with Crippen molar-refractivity contribution in [3.8, 4) is 34.0 Å². The summed E-state index contributed by atoms with van der Waals surface area (Å²) in [5.74, 6) is 0.676. The van der Waals surface area contributed by atoms with Crippen molar-refractivity contribution >= 4 is 11.7 Å². The molecule has 2 heterocycles. The van der Waals surface area contributed by atoms with Crippen LogP contribution in [-0.4, -0.2) is 58.9 Å². The molecule has 0 bridgehead atoms. The lowest BCUT2D eigenvalue weighted by Crippen LogP contribution is -2.43. The van der Waals surface area contributed by atoms with Crippen LogP contribution in [0.3, 0.4) is 0 Å². The summed E-state index contributed by atoms with van der Waals surface area (Å²) in [5, 5.41) is 16.9. The van der Waals surface area contributed by atoms with Gasteiger partial charge in [-0.3, -0.25) is 0 Å². The number of aromatic nitrogens is 4. The second kappa shape index (κ2) is 9.89. The number of ether oxygens (including phenoxy) is 2. The number of urea groups is 1. The van der Waals surface area contributed by atoms with Crippen LogP contribution in [0.5, 0.6) is 11.5 Å². The fourth-order valence-electron chi connectivity index (χ4n) is 4.56. The number of H-pyrrole nitrogens is 1.